The highest BCUT2D eigenvalue weighted by Crippen LogP contribution is 2.50. The summed E-state index contributed by atoms with van der Waals surface area (Å²) < 4.78 is 12.9. The van der Waals surface area contributed by atoms with Crippen molar-refractivity contribution in [1.29, 1.82) is 0 Å². The van der Waals surface area contributed by atoms with Gasteiger partial charge < -0.3 is 25.2 Å². The van der Waals surface area contributed by atoms with E-state index in [1.54, 1.807) is 12.1 Å². The van der Waals surface area contributed by atoms with E-state index in [2.05, 4.69) is 26.6 Å². The summed E-state index contributed by atoms with van der Waals surface area (Å²) in [6, 6.07) is 22.8. The van der Waals surface area contributed by atoms with Crippen molar-refractivity contribution in [3.63, 3.8) is 0 Å². The maximum Gasteiger partial charge on any atom is 0.235 e. The molecule has 1 saturated carbocycles. The highest BCUT2D eigenvalue weighted by Gasteiger charge is 2.56. The van der Waals surface area contributed by atoms with Crippen LogP contribution < -0.4 is 20.1 Å². The summed E-state index contributed by atoms with van der Waals surface area (Å²) in [4.78, 5) is 42.8. The summed E-state index contributed by atoms with van der Waals surface area (Å²) in [6.45, 7) is 13.6. The van der Waals surface area contributed by atoms with Gasteiger partial charge in [-0.05, 0) is 128 Å². The maximum atomic E-state index is 14.4. The average Bonchev–Trinajstić information content (AvgIpc) is 3.04. The first-order chi connectivity index (χ1) is 23.7. The third-order valence-corrected chi connectivity index (χ3v) is 10.1. The SMILES string of the molecule is CCOc1cc(C2C(C(=O)Nc3cc(C)ccc3C)C(=O)CC(C)(O)C2C(=O)Nc2cc(C)ccc2C)cc(Br)c1OCc1ccccc1C. The van der Waals surface area contributed by atoms with E-state index in [4.69, 9.17) is 9.47 Å². The first kappa shape index (κ1) is 36.8. The van der Waals surface area contributed by atoms with Gasteiger partial charge in [-0.3, -0.25) is 14.4 Å². The number of aliphatic hydroxyl groups is 1. The van der Waals surface area contributed by atoms with E-state index in [0.717, 1.165) is 33.4 Å². The van der Waals surface area contributed by atoms with Gasteiger partial charge in [-0.25, -0.2) is 0 Å². The van der Waals surface area contributed by atoms with Crippen molar-refractivity contribution in [2.75, 3.05) is 17.2 Å². The van der Waals surface area contributed by atoms with Crippen molar-refractivity contribution in [2.45, 2.75) is 73.0 Å². The molecule has 50 heavy (non-hydrogen) atoms. The lowest BCUT2D eigenvalue weighted by atomic mass is 9.61. The smallest absolute Gasteiger partial charge is 0.235 e. The normalized spacial score (nSPS) is 20.3. The molecular weight excluding hydrogens is 696 g/mol. The Balaban J connectivity index is 1.63. The topological polar surface area (TPSA) is 114 Å². The molecule has 1 aliphatic carbocycles. The number of aryl methyl sites for hydroxylation is 5. The second-order valence-corrected chi connectivity index (χ2v) is 14.4. The van der Waals surface area contributed by atoms with Gasteiger partial charge in [0.1, 0.15) is 18.3 Å². The summed E-state index contributed by atoms with van der Waals surface area (Å²) >= 11 is 3.67. The number of carbonyl (C=O) groups is 3. The van der Waals surface area contributed by atoms with Crippen LogP contribution in [0.3, 0.4) is 0 Å². The molecule has 4 unspecified atom stereocenters. The van der Waals surface area contributed by atoms with Crippen LogP contribution in [0.2, 0.25) is 0 Å². The van der Waals surface area contributed by atoms with E-state index < -0.39 is 41.0 Å². The number of anilines is 2. The molecule has 0 bridgehead atoms. The number of benzene rings is 4. The Hall–Kier alpha value is -4.47. The van der Waals surface area contributed by atoms with Crippen molar-refractivity contribution < 1.29 is 29.0 Å². The first-order valence-electron chi connectivity index (χ1n) is 16.8. The largest absolute Gasteiger partial charge is 0.490 e. The van der Waals surface area contributed by atoms with E-state index in [1.165, 1.54) is 6.92 Å². The van der Waals surface area contributed by atoms with Crippen LogP contribution in [0.25, 0.3) is 0 Å². The van der Waals surface area contributed by atoms with Gasteiger partial charge in [0.05, 0.1) is 22.6 Å². The van der Waals surface area contributed by atoms with E-state index in [1.807, 2.05) is 102 Å². The molecule has 1 aliphatic rings. The Morgan fingerprint density at radius 2 is 1.44 bits per heavy atom. The third-order valence-electron chi connectivity index (χ3n) is 9.48. The van der Waals surface area contributed by atoms with Crippen LogP contribution in [0.1, 0.15) is 65.1 Å². The molecule has 0 saturated heterocycles. The number of amides is 2. The molecular formula is C41H45BrN2O6. The Morgan fingerprint density at radius 3 is 2.04 bits per heavy atom. The zero-order valence-electron chi connectivity index (χ0n) is 29.6. The van der Waals surface area contributed by atoms with Crippen molar-refractivity contribution in [3.05, 3.63) is 116 Å². The highest BCUT2D eigenvalue weighted by molar-refractivity contribution is 9.10. The molecule has 0 aromatic heterocycles. The predicted octanol–water partition coefficient (Wildman–Crippen LogP) is 8.29. The van der Waals surface area contributed by atoms with Crippen LogP contribution in [-0.2, 0) is 21.0 Å². The number of hydrogen-bond acceptors (Lipinski definition) is 6. The standard InChI is InChI=1S/C41H45BrN2O6/c1-8-49-34-20-29(19-30(42)38(34)50-22-28-12-10-9-11-25(28)4)35-36(39(46)43-31-17-23(2)13-15-26(31)5)33(45)21-41(7,48)37(35)40(47)44-32-18-24(3)14-16-27(32)6/h9-20,35-37,48H,8,21-22H2,1-7H3,(H,43,46)(H,44,47). The van der Waals surface area contributed by atoms with Crippen molar-refractivity contribution in [2.24, 2.45) is 11.8 Å². The quantitative estimate of drug-likeness (QED) is 0.141. The number of carbonyl (C=O) groups excluding carboxylic acids is 3. The minimum Gasteiger partial charge on any atom is -0.490 e. The van der Waals surface area contributed by atoms with Crippen LogP contribution in [0.5, 0.6) is 11.5 Å². The predicted molar refractivity (Wildman–Crippen MR) is 200 cm³/mol. The summed E-state index contributed by atoms with van der Waals surface area (Å²) in [7, 11) is 0. The van der Waals surface area contributed by atoms with E-state index in [9.17, 15) is 19.5 Å². The summed E-state index contributed by atoms with van der Waals surface area (Å²) in [5, 5.41) is 17.9. The van der Waals surface area contributed by atoms with Crippen molar-refractivity contribution in [1.82, 2.24) is 0 Å². The van der Waals surface area contributed by atoms with Gasteiger partial charge in [-0.1, -0.05) is 48.5 Å². The van der Waals surface area contributed by atoms with Gasteiger partial charge >= 0.3 is 0 Å². The van der Waals surface area contributed by atoms with E-state index in [-0.39, 0.29) is 13.0 Å². The number of hydrogen-bond donors (Lipinski definition) is 3. The fourth-order valence-electron chi connectivity index (χ4n) is 6.76. The molecule has 3 N–H and O–H groups in total. The second-order valence-electron chi connectivity index (χ2n) is 13.6. The Bertz CT molecular complexity index is 1940. The number of ether oxygens (including phenoxy) is 2. The van der Waals surface area contributed by atoms with Crippen LogP contribution >= 0.6 is 15.9 Å². The maximum absolute atomic E-state index is 14.4. The average molecular weight is 742 g/mol. The molecule has 9 heteroatoms. The second kappa shape index (κ2) is 15.2. The minimum atomic E-state index is -1.78. The van der Waals surface area contributed by atoms with Crippen LogP contribution in [0.15, 0.2) is 77.3 Å². The van der Waals surface area contributed by atoms with Gasteiger partial charge in [-0.15, -0.1) is 0 Å². The molecule has 0 aliphatic heterocycles. The minimum absolute atomic E-state index is 0.281. The van der Waals surface area contributed by atoms with Gasteiger partial charge in [0, 0.05) is 23.7 Å². The van der Waals surface area contributed by atoms with Gasteiger partial charge in [-0.2, -0.15) is 0 Å². The van der Waals surface area contributed by atoms with Crippen LogP contribution in [0.4, 0.5) is 11.4 Å². The van der Waals surface area contributed by atoms with Crippen LogP contribution in [0, 0.1) is 46.5 Å². The molecule has 4 aromatic rings. The van der Waals surface area contributed by atoms with E-state index in [0.29, 0.717) is 39.5 Å². The number of ketones is 1. The van der Waals surface area contributed by atoms with Crippen molar-refractivity contribution in [3.8, 4) is 11.5 Å². The Morgan fingerprint density at radius 1 is 0.840 bits per heavy atom. The molecule has 4 atom stereocenters. The van der Waals surface area contributed by atoms with Gasteiger partial charge in [0.25, 0.3) is 0 Å². The van der Waals surface area contributed by atoms with Crippen LogP contribution in [-0.4, -0.2) is 34.9 Å². The summed E-state index contributed by atoms with van der Waals surface area (Å²) in [6.07, 6.45) is -0.379. The lowest BCUT2D eigenvalue weighted by Crippen LogP contribution is -2.56. The molecule has 4 aromatic carbocycles. The molecule has 2 amide bonds. The first-order valence-corrected chi connectivity index (χ1v) is 17.6. The highest BCUT2D eigenvalue weighted by atomic mass is 79.9. The zero-order chi connectivity index (χ0) is 36.3. The summed E-state index contributed by atoms with van der Waals surface area (Å²) in [5.74, 6) is -4.26. The lowest BCUT2D eigenvalue weighted by molar-refractivity contribution is -0.150. The van der Waals surface area contributed by atoms with Crippen molar-refractivity contribution >= 4 is 44.9 Å². The monoisotopic (exact) mass is 740 g/mol. The van der Waals surface area contributed by atoms with E-state index >= 15 is 0 Å². The fourth-order valence-corrected chi connectivity index (χ4v) is 7.33. The lowest BCUT2D eigenvalue weighted by Gasteiger charge is -2.44. The molecule has 0 radical (unpaired) electrons. The number of nitrogens with one attached hydrogen (secondary N) is 2. The molecule has 8 nitrogen and oxygen atoms in total. The Kier molecular flexibility index (Phi) is 11.2. The van der Waals surface area contributed by atoms with Gasteiger partial charge in [0.2, 0.25) is 11.8 Å². The molecule has 1 fully saturated rings. The van der Waals surface area contributed by atoms with Gasteiger partial charge in [0.15, 0.2) is 11.5 Å². The fraction of sp³-hybridized carbons (Fsp3) is 0.341. The molecule has 0 spiro atoms. The molecule has 5 rings (SSSR count). The Labute approximate surface area is 302 Å². The molecule has 0 heterocycles. The summed E-state index contributed by atoms with van der Waals surface area (Å²) in [5.41, 5.74) is 5.51. The zero-order valence-corrected chi connectivity index (χ0v) is 31.2. The number of rotatable bonds is 10. The molecule has 262 valence electrons. The number of Topliss-reactive ketones (excluding diaryl/α,β-unsaturated/α-hetero) is 1. The number of halogens is 1. The third kappa shape index (κ3) is 7.95.